The number of methoxy groups -OCH3 is 2. The van der Waals surface area contributed by atoms with Gasteiger partial charge in [0.15, 0.2) is 5.60 Å². The van der Waals surface area contributed by atoms with E-state index in [1.807, 2.05) is 24.3 Å². The summed E-state index contributed by atoms with van der Waals surface area (Å²) < 4.78 is 21.1. The van der Waals surface area contributed by atoms with Gasteiger partial charge in [-0.1, -0.05) is 12.1 Å². The molecule has 6 heteroatoms. The van der Waals surface area contributed by atoms with Crippen LogP contribution >= 0.6 is 0 Å². The number of hydrogen-bond acceptors (Lipinski definition) is 6. The molecule has 1 aromatic rings. The van der Waals surface area contributed by atoms with Crippen molar-refractivity contribution in [3.8, 4) is 5.75 Å². The molecule has 0 aromatic heterocycles. The van der Waals surface area contributed by atoms with Crippen LogP contribution in [-0.4, -0.2) is 49.7 Å². The smallest absolute Gasteiger partial charge is 0.340 e. The predicted octanol–water partition coefficient (Wildman–Crippen LogP) is 1.68. The number of hydrogen-bond donors (Lipinski definition) is 1. The lowest BCUT2D eigenvalue weighted by molar-refractivity contribution is -0.173. The Balaban J connectivity index is 1.73. The first-order valence-corrected chi connectivity index (χ1v) is 7.64. The summed E-state index contributed by atoms with van der Waals surface area (Å²) in [4.78, 5) is 11.7. The minimum atomic E-state index is -1.28. The SMILES string of the molecule is COC(=O)[C@]1(C)O[C@H](CCOCc2ccc(OC)cc2)C[C@H]1O. The van der Waals surface area contributed by atoms with Gasteiger partial charge in [-0.15, -0.1) is 0 Å². The van der Waals surface area contributed by atoms with Gasteiger partial charge < -0.3 is 24.1 Å². The third-order valence-corrected chi connectivity index (χ3v) is 4.14. The summed E-state index contributed by atoms with van der Waals surface area (Å²) in [6.07, 6.45) is -0.0661. The van der Waals surface area contributed by atoms with E-state index in [2.05, 4.69) is 0 Å². The van der Waals surface area contributed by atoms with Crippen LogP contribution in [0.1, 0.15) is 25.3 Å². The van der Waals surface area contributed by atoms with Gasteiger partial charge in [0, 0.05) is 13.0 Å². The number of esters is 1. The number of rotatable bonds is 7. The van der Waals surface area contributed by atoms with Crippen LogP contribution in [0.5, 0.6) is 5.75 Å². The van der Waals surface area contributed by atoms with Gasteiger partial charge in [-0.25, -0.2) is 4.79 Å². The maximum atomic E-state index is 11.7. The largest absolute Gasteiger partial charge is 0.497 e. The minimum Gasteiger partial charge on any atom is -0.497 e. The lowest BCUT2D eigenvalue weighted by Crippen LogP contribution is -2.45. The molecule has 1 saturated heterocycles. The molecule has 0 spiro atoms. The molecule has 1 aliphatic rings. The van der Waals surface area contributed by atoms with Gasteiger partial charge in [0.2, 0.25) is 0 Å². The fraction of sp³-hybridized carbons (Fsp3) is 0.588. The fourth-order valence-electron chi connectivity index (χ4n) is 2.64. The molecule has 3 atom stereocenters. The Bertz CT molecular complexity index is 514. The Morgan fingerprint density at radius 2 is 2.04 bits per heavy atom. The number of carbonyl (C=O) groups excluding carboxylic acids is 1. The summed E-state index contributed by atoms with van der Waals surface area (Å²) in [5, 5.41) is 10.0. The Kier molecular flexibility index (Phi) is 5.98. The van der Waals surface area contributed by atoms with Crippen molar-refractivity contribution in [1.29, 1.82) is 0 Å². The molecule has 0 bridgehead atoms. The zero-order valence-electron chi connectivity index (χ0n) is 13.8. The average Bonchev–Trinajstić information content (AvgIpc) is 2.87. The molecule has 128 valence electrons. The summed E-state index contributed by atoms with van der Waals surface area (Å²) in [5.41, 5.74) is -0.229. The van der Waals surface area contributed by atoms with Crippen LogP contribution in [0, 0.1) is 0 Å². The molecule has 6 nitrogen and oxygen atoms in total. The van der Waals surface area contributed by atoms with E-state index in [1.165, 1.54) is 7.11 Å². The van der Waals surface area contributed by atoms with Crippen molar-refractivity contribution >= 4 is 5.97 Å². The lowest BCUT2D eigenvalue weighted by Gasteiger charge is -2.24. The number of ether oxygens (including phenoxy) is 4. The first kappa shape index (κ1) is 17.7. The zero-order valence-corrected chi connectivity index (χ0v) is 13.8. The van der Waals surface area contributed by atoms with E-state index >= 15 is 0 Å². The Morgan fingerprint density at radius 3 is 2.65 bits per heavy atom. The Hall–Kier alpha value is -1.63. The second kappa shape index (κ2) is 7.77. The normalized spacial score (nSPS) is 27.0. The predicted molar refractivity (Wildman–Crippen MR) is 83.2 cm³/mol. The highest BCUT2D eigenvalue weighted by molar-refractivity contribution is 5.80. The lowest BCUT2D eigenvalue weighted by atomic mass is 9.98. The summed E-state index contributed by atoms with van der Waals surface area (Å²) >= 11 is 0. The first-order valence-electron chi connectivity index (χ1n) is 7.64. The molecule has 1 heterocycles. The molecule has 23 heavy (non-hydrogen) atoms. The van der Waals surface area contributed by atoms with Crippen molar-refractivity contribution in [2.75, 3.05) is 20.8 Å². The van der Waals surface area contributed by atoms with Gasteiger partial charge in [0.05, 0.1) is 33.0 Å². The van der Waals surface area contributed by atoms with Crippen LogP contribution in [0.25, 0.3) is 0 Å². The third kappa shape index (κ3) is 4.22. The van der Waals surface area contributed by atoms with E-state index in [9.17, 15) is 9.90 Å². The minimum absolute atomic E-state index is 0.218. The van der Waals surface area contributed by atoms with Crippen LogP contribution in [0.2, 0.25) is 0 Å². The van der Waals surface area contributed by atoms with Gasteiger partial charge in [-0.2, -0.15) is 0 Å². The van der Waals surface area contributed by atoms with E-state index in [0.29, 0.717) is 26.1 Å². The highest BCUT2D eigenvalue weighted by Crippen LogP contribution is 2.33. The Labute approximate surface area is 136 Å². The highest BCUT2D eigenvalue weighted by Gasteiger charge is 2.50. The van der Waals surface area contributed by atoms with Crippen molar-refractivity contribution < 1.29 is 28.8 Å². The molecule has 0 saturated carbocycles. The van der Waals surface area contributed by atoms with E-state index in [4.69, 9.17) is 18.9 Å². The monoisotopic (exact) mass is 324 g/mol. The van der Waals surface area contributed by atoms with Crippen LogP contribution in [-0.2, 0) is 25.6 Å². The zero-order chi connectivity index (χ0) is 16.9. The van der Waals surface area contributed by atoms with E-state index in [-0.39, 0.29) is 6.10 Å². The molecule has 1 aliphatic heterocycles. The molecule has 1 fully saturated rings. The number of aliphatic hydroxyl groups is 1. The van der Waals surface area contributed by atoms with Gasteiger partial charge in [-0.05, 0) is 31.0 Å². The number of aliphatic hydroxyl groups excluding tert-OH is 1. The maximum absolute atomic E-state index is 11.7. The van der Waals surface area contributed by atoms with Gasteiger partial charge >= 0.3 is 5.97 Å². The van der Waals surface area contributed by atoms with Gasteiger partial charge in [0.1, 0.15) is 5.75 Å². The quantitative estimate of drug-likeness (QED) is 0.608. The number of carbonyl (C=O) groups is 1. The van der Waals surface area contributed by atoms with Crippen LogP contribution in [0.3, 0.4) is 0 Å². The van der Waals surface area contributed by atoms with Gasteiger partial charge in [0.25, 0.3) is 0 Å². The fourth-order valence-corrected chi connectivity index (χ4v) is 2.64. The molecular weight excluding hydrogens is 300 g/mol. The van der Waals surface area contributed by atoms with Crippen molar-refractivity contribution in [3.05, 3.63) is 29.8 Å². The van der Waals surface area contributed by atoms with E-state index in [1.54, 1.807) is 14.0 Å². The van der Waals surface area contributed by atoms with E-state index in [0.717, 1.165) is 11.3 Å². The van der Waals surface area contributed by atoms with Crippen LogP contribution in [0.4, 0.5) is 0 Å². The summed E-state index contributed by atoms with van der Waals surface area (Å²) in [5.74, 6) is 0.260. The summed E-state index contributed by atoms with van der Waals surface area (Å²) in [6, 6.07) is 7.67. The third-order valence-electron chi connectivity index (χ3n) is 4.14. The molecule has 0 aliphatic carbocycles. The van der Waals surface area contributed by atoms with Crippen LogP contribution < -0.4 is 4.74 Å². The standard InChI is InChI=1S/C17H24O6/c1-17(16(19)21-3)15(18)10-14(23-17)8-9-22-11-12-4-6-13(20-2)7-5-12/h4-7,14-15,18H,8-11H2,1-3H3/t14-,15-,17-/m1/s1. The number of benzene rings is 1. The van der Waals surface area contributed by atoms with Crippen molar-refractivity contribution in [2.24, 2.45) is 0 Å². The van der Waals surface area contributed by atoms with Crippen molar-refractivity contribution in [2.45, 2.75) is 44.2 Å². The van der Waals surface area contributed by atoms with Crippen LogP contribution in [0.15, 0.2) is 24.3 Å². The highest BCUT2D eigenvalue weighted by atomic mass is 16.6. The van der Waals surface area contributed by atoms with Gasteiger partial charge in [-0.3, -0.25) is 0 Å². The molecule has 0 unspecified atom stereocenters. The average molecular weight is 324 g/mol. The molecule has 1 aromatic carbocycles. The van der Waals surface area contributed by atoms with Crippen molar-refractivity contribution in [1.82, 2.24) is 0 Å². The molecule has 0 amide bonds. The van der Waals surface area contributed by atoms with Crippen molar-refractivity contribution in [3.63, 3.8) is 0 Å². The first-order chi connectivity index (χ1) is 11.0. The molecule has 1 N–H and O–H groups in total. The molecular formula is C17H24O6. The second-order valence-electron chi connectivity index (χ2n) is 5.78. The Morgan fingerprint density at radius 1 is 1.35 bits per heavy atom. The maximum Gasteiger partial charge on any atom is 0.340 e. The summed E-state index contributed by atoms with van der Waals surface area (Å²) in [6.45, 7) is 2.54. The van der Waals surface area contributed by atoms with E-state index < -0.39 is 17.7 Å². The molecule has 2 rings (SSSR count). The second-order valence-corrected chi connectivity index (χ2v) is 5.78. The molecule has 0 radical (unpaired) electrons. The topological polar surface area (TPSA) is 74.2 Å². The summed E-state index contributed by atoms with van der Waals surface area (Å²) in [7, 11) is 2.92.